The Kier molecular flexibility index (Phi) is 3.37. The summed E-state index contributed by atoms with van der Waals surface area (Å²) in [6.07, 6.45) is 4.65. The Balaban J connectivity index is 2.29. The van der Waals surface area contributed by atoms with Crippen LogP contribution in [0.3, 0.4) is 0 Å². The Morgan fingerprint density at radius 3 is 2.69 bits per heavy atom. The van der Waals surface area contributed by atoms with Gasteiger partial charge in [-0.3, -0.25) is 4.99 Å². The van der Waals surface area contributed by atoms with Crippen molar-refractivity contribution in [2.75, 3.05) is 0 Å². The number of benzene rings is 1. The maximum absolute atomic E-state index is 6.00. The van der Waals surface area contributed by atoms with Crippen molar-refractivity contribution in [2.45, 2.75) is 25.3 Å². The van der Waals surface area contributed by atoms with Crippen molar-refractivity contribution in [3.05, 3.63) is 42.1 Å². The summed E-state index contributed by atoms with van der Waals surface area (Å²) in [6.45, 7) is 0. The number of para-hydroxylation sites is 1. The van der Waals surface area contributed by atoms with Crippen LogP contribution in [0.25, 0.3) is 0 Å². The number of aliphatic imine (C=N–C) groups is 1. The lowest BCUT2D eigenvalue weighted by molar-refractivity contribution is 0.640. The van der Waals surface area contributed by atoms with Gasteiger partial charge < -0.3 is 11.5 Å². The minimum atomic E-state index is 0.0428. The van der Waals surface area contributed by atoms with E-state index >= 15 is 0 Å². The highest BCUT2D eigenvalue weighted by molar-refractivity contribution is 6.03. The molecule has 0 saturated heterocycles. The fourth-order valence-corrected chi connectivity index (χ4v) is 2.00. The fraction of sp³-hybridized carbons (Fsp3) is 0.308. The average molecular weight is 215 g/mol. The molecule has 1 unspecified atom stereocenters. The second-order valence-corrected chi connectivity index (χ2v) is 4.01. The van der Waals surface area contributed by atoms with E-state index in [0.29, 0.717) is 0 Å². The standard InChI is InChI=1S/C13H17N3/c14-9-11-12(15)7-4-8-13(11)16-10-5-2-1-3-6-10/h1-3,5-6,9,12H,4,7-8,14-15H2. The van der Waals surface area contributed by atoms with Gasteiger partial charge in [0.15, 0.2) is 0 Å². The normalized spacial score (nSPS) is 26.2. The minimum absolute atomic E-state index is 0.0428. The average Bonchev–Trinajstić information content (AvgIpc) is 2.31. The smallest absolute Gasteiger partial charge is 0.0633 e. The highest BCUT2D eigenvalue weighted by Gasteiger charge is 2.20. The van der Waals surface area contributed by atoms with Gasteiger partial charge in [-0.25, -0.2) is 0 Å². The summed E-state index contributed by atoms with van der Waals surface area (Å²) in [6, 6.07) is 9.96. The van der Waals surface area contributed by atoms with Gasteiger partial charge in [0.1, 0.15) is 0 Å². The lowest BCUT2D eigenvalue weighted by atomic mass is 9.89. The van der Waals surface area contributed by atoms with Crippen LogP contribution in [-0.4, -0.2) is 11.8 Å². The van der Waals surface area contributed by atoms with E-state index in [-0.39, 0.29) is 6.04 Å². The van der Waals surface area contributed by atoms with Crippen LogP contribution in [0.2, 0.25) is 0 Å². The highest BCUT2D eigenvalue weighted by Crippen LogP contribution is 2.22. The van der Waals surface area contributed by atoms with Crippen molar-refractivity contribution in [1.29, 1.82) is 0 Å². The fourth-order valence-electron chi connectivity index (χ4n) is 2.00. The predicted molar refractivity (Wildman–Crippen MR) is 67.6 cm³/mol. The molecule has 0 amide bonds. The maximum Gasteiger partial charge on any atom is 0.0633 e. The van der Waals surface area contributed by atoms with Crippen molar-refractivity contribution in [3.8, 4) is 0 Å². The van der Waals surface area contributed by atoms with Crippen LogP contribution in [0.5, 0.6) is 0 Å². The highest BCUT2D eigenvalue weighted by atomic mass is 14.8. The molecule has 0 radical (unpaired) electrons. The molecule has 0 heterocycles. The van der Waals surface area contributed by atoms with E-state index < -0.39 is 0 Å². The molecular weight excluding hydrogens is 198 g/mol. The second-order valence-electron chi connectivity index (χ2n) is 4.01. The lowest BCUT2D eigenvalue weighted by Crippen LogP contribution is -2.32. The third kappa shape index (κ3) is 2.31. The molecule has 1 saturated carbocycles. The van der Waals surface area contributed by atoms with Gasteiger partial charge in [-0.1, -0.05) is 18.2 Å². The van der Waals surface area contributed by atoms with Gasteiger partial charge in [0.2, 0.25) is 0 Å². The SMILES string of the molecule is NC=C1C(=Nc2ccccc2)CCCC1N. The zero-order valence-electron chi connectivity index (χ0n) is 9.26. The molecule has 1 aliphatic carbocycles. The van der Waals surface area contributed by atoms with Gasteiger partial charge in [-0.2, -0.15) is 0 Å². The maximum atomic E-state index is 6.00. The van der Waals surface area contributed by atoms with Gasteiger partial charge >= 0.3 is 0 Å². The van der Waals surface area contributed by atoms with Crippen LogP contribution >= 0.6 is 0 Å². The van der Waals surface area contributed by atoms with Crippen LogP contribution < -0.4 is 11.5 Å². The molecule has 0 spiro atoms. The van der Waals surface area contributed by atoms with Gasteiger partial charge in [0.25, 0.3) is 0 Å². The van der Waals surface area contributed by atoms with E-state index in [4.69, 9.17) is 11.5 Å². The zero-order chi connectivity index (χ0) is 11.4. The third-order valence-electron chi connectivity index (χ3n) is 2.86. The molecule has 2 rings (SSSR count). The Labute approximate surface area is 95.9 Å². The van der Waals surface area contributed by atoms with E-state index in [1.807, 2.05) is 30.3 Å². The van der Waals surface area contributed by atoms with Gasteiger partial charge in [0.05, 0.1) is 5.69 Å². The van der Waals surface area contributed by atoms with E-state index in [1.165, 1.54) is 0 Å². The molecule has 3 nitrogen and oxygen atoms in total. The first-order chi connectivity index (χ1) is 7.81. The van der Waals surface area contributed by atoms with E-state index in [9.17, 15) is 0 Å². The Hall–Kier alpha value is -1.61. The van der Waals surface area contributed by atoms with Gasteiger partial charge in [-0.05, 0) is 31.4 Å². The number of hydrogen-bond acceptors (Lipinski definition) is 3. The zero-order valence-corrected chi connectivity index (χ0v) is 9.26. The molecular formula is C13H17N3. The second kappa shape index (κ2) is 4.94. The predicted octanol–water partition coefficient (Wildman–Crippen LogP) is 2.11. The van der Waals surface area contributed by atoms with Crippen molar-refractivity contribution in [2.24, 2.45) is 16.5 Å². The van der Waals surface area contributed by atoms with Crippen LogP contribution in [-0.2, 0) is 0 Å². The van der Waals surface area contributed by atoms with Crippen molar-refractivity contribution in [3.63, 3.8) is 0 Å². The Morgan fingerprint density at radius 2 is 2.00 bits per heavy atom. The molecule has 3 heteroatoms. The number of hydrogen-bond donors (Lipinski definition) is 2. The third-order valence-corrected chi connectivity index (χ3v) is 2.86. The molecule has 0 aromatic heterocycles. The minimum Gasteiger partial charge on any atom is -0.404 e. The molecule has 1 aliphatic rings. The first kappa shape index (κ1) is 10.9. The van der Waals surface area contributed by atoms with Crippen molar-refractivity contribution in [1.82, 2.24) is 0 Å². The van der Waals surface area contributed by atoms with E-state index in [2.05, 4.69) is 4.99 Å². The summed E-state index contributed by atoms with van der Waals surface area (Å²) in [7, 11) is 0. The van der Waals surface area contributed by atoms with Gasteiger partial charge in [0, 0.05) is 23.5 Å². The summed E-state index contributed by atoms with van der Waals surface area (Å²) >= 11 is 0. The van der Waals surface area contributed by atoms with Crippen LogP contribution in [0.4, 0.5) is 5.69 Å². The summed E-state index contributed by atoms with van der Waals surface area (Å²) in [5.74, 6) is 0. The summed E-state index contributed by atoms with van der Waals surface area (Å²) in [5.41, 5.74) is 14.6. The van der Waals surface area contributed by atoms with Crippen LogP contribution in [0.1, 0.15) is 19.3 Å². The number of rotatable bonds is 1. The Morgan fingerprint density at radius 1 is 1.25 bits per heavy atom. The molecule has 4 N–H and O–H groups in total. The molecule has 1 fully saturated rings. The van der Waals surface area contributed by atoms with Crippen LogP contribution in [0, 0.1) is 0 Å². The first-order valence-corrected chi connectivity index (χ1v) is 5.61. The summed E-state index contributed by atoms with van der Waals surface area (Å²) in [4.78, 5) is 4.61. The van der Waals surface area contributed by atoms with Gasteiger partial charge in [-0.15, -0.1) is 0 Å². The number of nitrogens with two attached hydrogens (primary N) is 2. The summed E-state index contributed by atoms with van der Waals surface area (Å²) < 4.78 is 0. The van der Waals surface area contributed by atoms with E-state index in [1.54, 1.807) is 6.20 Å². The molecule has 1 aromatic carbocycles. The topological polar surface area (TPSA) is 64.4 Å². The lowest BCUT2D eigenvalue weighted by Gasteiger charge is -2.23. The Bertz CT molecular complexity index is 406. The summed E-state index contributed by atoms with van der Waals surface area (Å²) in [5, 5.41) is 0. The molecule has 1 atom stereocenters. The van der Waals surface area contributed by atoms with Crippen LogP contribution in [0.15, 0.2) is 47.1 Å². The van der Waals surface area contributed by atoms with E-state index in [0.717, 1.165) is 36.2 Å². The van der Waals surface area contributed by atoms with Crippen molar-refractivity contribution >= 4 is 11.4 Å². The quantitative estimate of drug-likeness (QED) is 0.753. The molecule has 0 bridgehead atoms. The monoisotopic (exact) mass is 215 g/mol. The molecule has 1 aromatic rings. The molecule has 84 valence electrons. The molecule has 16 heavy (non-hydrogen) atoms. The largest absolute Gasteiger partial charge is 0.404 e. The molecule has 0 aliphatic heterocycles. The first-order valence-electron chi connectivity index (χ1n) is 5.61. The number of nitrogens with zero attached hydrogens (tertiary/aromatic N) is 1. The van der Waals surface area contributed by atoms with Crippen molar-refractivity contribution < 1.29 is 0 Å².